The topological polar surface area (TPSA) is 150 Å². The van der Waals surface area contributed by atoms with Crippen molar-refractivity contribution in [3.05, 3.63) is 111 Å². The molecule has 0 aliphatic heterocycles. The molecule has 0 aliphatic carbocycles. The van der Waals surface area contributed by atoms with Crippen molar-refractivity contribution in [3.63, 3.8) is 0 Å². The molecule has 0 heterocycles. The number of rotatable bonds is 15. The minimum atomic E-state index is -5.43. The first kappa shape index (κ1) is 54.0. The molecule has 0 fully saturated rings. The van der Waals surface area contributed by atoms with Gasteiger partial charge in [-0.3, -0.25) is 9.42 Å². The number of carbonyl (C=O) groups is 2. The van der Waals surface area contributed by atoms with Crippen molar-refractivity contribution in [2.45, 2.75) is 96.7 Å². The average Bonchev–Trinajstić information content (AvgIpc) is 3.19. The maximum Gasteiger partial charge on any atom is 0.514 e. The third-order valence-electron chi connectivity index (χ3n) is 9.80. The van der Waals surface area contributed by atoms with Gasteiger partial charge in [0.1, 0.15) is 17.2 Å². The molecule has 0 saturated heterocycles. The van der Waals surface area contributed by atoms with Crippen LogP contribution in [0.2, 0.25) is 0 Å². The Morgan fingerprint density at radius 2 is 1.30 bits per heavy atom. The van der Waals surface area contributed by atoms with Crippen LogP contribution in [0.1, 0.15) is 92.5 Å². The van der Waals surface area contributed by atoms with Crippen molar-refractivity contribution in [1.29, 1.82) is 0 Å². The molecule has 0 aromatic heterocycles. The molecule has 4 aromatic carbocycles. The summed E-state index contributed by atoms with van der Waals surface area (Å²) in [4.78, 5) is 46.6. The maximum absolute atomic E-state index is 15.2. The van der Waals surface area contributed by atoms with Gasteiger partial charge >= 0.3 is 38.6 Å². The number of hydrogen-bond acceptors (Lipinski definition) is 9. The Kier molecular flexibility index (Phi) is 16.7. The number of carbonyl (C=O) groups excluding carboxylic acids is 2. The van der Waals surface area contributed by atoms with Crippen LogP contribution in [0.4, 0.5) is 53.5 Å². The minimum Gasteiger partial charge on any atom is -0.496 e. The summed E-state index contributed by atoms with van der Waals surface area (Å²) < 4.78 is 187. The number of halogens is 10. The van der Waals surface area contributed by atoms with Crippen molar-refractivity contribution >= 4 is 20.1 Å². The lowest BCUT2D eigenvalue weighted by Gasteiger charge is -2.36. The molecule has 0 radical (unpaired) electrons. The zero-order chi connectivity index (χ0) is 50.6. The second-order valence-corrected chi connectivity index (χ2v) is 17.5. The van der Waals surface area contributed by atoms with E-state index in [1.807, 2.05) is 0 Å². The summed E-state index contributed by atoms with van der Waals surface area (Å²) in [6, 6.07) is 6.58. The number of amides is 1. The highest BCUT2D eigenvalue weighted by molar-refractivity contribution is 7.46. The van der Waals surface area contributed by atoms with Gasteiger partial charge < -0.3 is 33.5 Å². The Morgan fingerprint density at radius 1 is 0.716 bits per heavy atom. The molecule has 0 bridgehead atoms. The van der Waals surface area contributed by atoms with E-state index in [1.54, 1.807) is 13.8 Å². The molecule has 2 N–H and O–H groups in total. The molecule has 1 amide bonds. The Bertz CT molecular complexity index is 2430. The summed E-state index contributed by atoms with van der Waals surface area (Å²) in [6.07, 6.45) is -21.5. The quantitative estimate of drug-likeness (QED) is 0.0507. The lowest BCUT2D eigenvalue weighted by atomic mass is 9.91. The second kappa shape index (κ2) is 20.7. The van der Waals surface area contributed by atoms with Crippen molar-refractivity contribution < 1.29 is 96.1 Å². The van der Waals surface area contributed by atoms with E-state index in [0.29, 0.717) is 22.6 Å². The summed E-state index contributed by atoms with van der Waals surface area (Å²) in [5, 5.41) is 0. The highest BCUT2D eigenvalue weighted by Gasteiger charge is 2.42. The molecule has 12 nitrogen and oxygen atoms in total. The van der Waals surface area contributed by atoms with Gasteiger partial charge in [0.05, 0.1) is 50.1 Å². The Morgan fingerprint density at radius 3 is 1.81 bits per heavy atom. The number of alkyl halides is 9. The van der Waals surface area contributed by atoms with Crippen LogP contribution in [0.25, 0.3) is 11.1 Å². The van der Waals surface area contributed by atoms with Gasteiger partial charge in [-0.05, 0) is 116 Å². The average molecular weight is 986 g/mol. The fourth-order valence-corrected chi connectivity index (χ4v) is 6.97. The van der Waals surface area contributed by atoms with E-state index in [4.69, 9.17) is 33.5 Å². The molecule has 2 unspecified atom stereocenters. The highest BCUT2D eigenvalue weighted by Crippen LogP contribution is 2.43. The van der Waals surface area contributed by atoms with Crippen molar-refractivity contribution in [1.82, 2.24) is 4.90 Å². The number of phosphoric ester groups is 1. The van der Waals surface area contributed by atoms with E-state index in [1.165, 1.54) is 39.0 Å². The Hall–Kier alpha value is -5.57. The van der Waals surface area contributed by atoms with Gasteiger partial charge in [-0.2, -0.15) is 39.5 Å². The summed E-state index contributed by atoms with van der Waals surface area (Å²) >= 11 is 0. The zero-order valence-corrected chi connectivity index (χ0v) is 37.8. The molecule has 2 atom stereocenters. The second-order valence-electron chi connectivity index (χ2n) is 16.2. The first-order valence-electron chi connectivity index (χ1n) is 19.8. The number of methoxy groups -OCH3 is 2. The van der Waals surface area contributed by atoms with Gasteiger partial charge in [-0.1, -0.05) is 26.0 Å². The number of benzene rings is 4. The van der Waals surface area contributed by atoms with Crippen molar-refractivity contribution in [2.75, 3.05) is 20.8 Å². The standard InChI is InChI=1S/C44H46F10NO11P/c1-23(2)32-20-33(36(61-7)21-34(32)45)31-11-10-28(42(46,47)48)18-27(31)22-55(39(56)66-41(4,5)6)24(3)38(26-16-29(43(49,50)51)19-30(17-26)44(52,53)54)65-40(57)64-35-12-9-25(15-37(35)62-8)13-14-63-67(58,59)60/h9-12,15-21,23-24,38H,13-14,22H2,1-8H3,(H2,58,59,60). The normalized spacial score (nSPS) is 13.5. The largest absolute Gasteiger partial charge is 0.514 e. The molecule has 0 aliphatic rings. The third-order valence-corrected chi connectivity index (χ3v) is 10.3. The molecule has 23 heteroatoms. The summed E-state index contributed by atoms with van der Waals surface area (Å²) in [7, 11) is -2.57. The molecule has 0 spiro atoms. The van der Waals surface area contributed by atoms with Gasteiger partial charge in [0.25, 0.3) is 0 Å². The van der Waals surface area contributed by atoms with Gasteiger partial charge in [0.2, 0.25) is 0 Å². The molecule has 368 valence electrons. The monoisotopic (exact) mass is 985 g/mol. The molecule has 0 saturated carbocycles. The summed E-state index contributed by atoms with van der Waals surface area (Å²) in [5.74, 6) is -2.02. The lowest BCUT2D eigenvalue weighted by Crippen LogP contribution is -2.45. The Balaban J connectivity index is 1.97. The number of hydrogen-bond donors (Lipinski definition) is 2. The van der Waals surface area contributed by atoms with Crippen LogP contribution in [0, 0.1) is 5.82 Å². The van der Waals surface area contributed by atoms with Crippen LogP contribution in [-0.4, -0.2) is 59.4 Å². The number of phosphoric acid groups is 1. The first-order valence-corrected chi connectivity index (χ1v) is 21.4. The summed E-state index contributed by atoms with van der Waals surface area (Å²) in [5.41, 5.74) is -7.34. The van der Waals surface area contributed by atoms with E-state index >= 15 is 4.39 Å². The van der Waals surface area contributed by atoms with Crippen LogP contribution >= 0.6 is 7.82 Å². The van der Waals surface area contributed by atoms with E-state index < -0.39 is 109 Å². The fourth-order valence-electron chi connectivity index (χ4n) is 6.64. The minimum absolute atomic E-state index is 0.0338. The van der Waals surface area contributed by atoms with Gasteiger partial charge in [0.15, 0.2) is 17.6 Å². The van der Waals surface area contributed by atoms with Crippen LogP contribution < -0.4 is 14.2 Å². The maximum atomic E-state index is 15.2. The van der Waals surface area contributed by atoms with Crippen molar-refractivity contribution in [2.24, 2.45) is 0 Å². The smallest absolute Gasteiger partial charge is 0.496 e. The van der Waals surface area contributed by atoms with Gasteiger partial charge in [-0.15, -0.1) is 0 Å². The Labute approximate surface area is 377 Å². The van der Waals surface area contributed by atoms with Gasteiger partial charge in [0, 0.05) is 11.6 Å². The van der Waals surface area contributed by atoms with E-state index in [2.05, 4.69) is 4.52 Å². The van der Waals surface area contributed by atoms with Crippen LogP contribution in [0.5, 0.6) is 17.2 Å². The highest BCUT2D eigenvalue weighted by atomic mass is 31.2. The predicted molar refractivity (Wildman–Crippen MR) is 220 cm³/mol. The van der Waals surface area contributed by atoms with E-state index in [9.17, 15) is 53.7 Å². The predicted octanol–water partition coefficient (Wildman–Crippen LogP) is 12.4. The zero-order valence-electron chi connectivity index (χ0n) is 36.9. The van der Waals surface area contributed by atoms with Crippen LogP contribution in [-0.2, 0) is 50.1 Å². The van der Waals surface area contributed by atoms with Gasteiger partial charge in [-0.25, -0.2) is 18.5 Å². The number of nitrogens with zero attached hydrogens (tertiary/aromatic N) is 1. The molecular weight excluding hydrogens is 939 g/mol. The van der Waals surface area contributed by atoms with Crippen LogP contribution in [0.15, 0.2) is 66.7 Å². The third kappa shape index (κ3) is 14.7. The SMILES string of the molecule is COc1cc(CCOP(=O)(O)O)ccc1OC(=O)OC(c1cc(C(F)(F)F)cc(C(F)(F)F)c1)C(C)N(Cc1cc(C(F)(F)F)ccc1-c1cc(C(C)C)c(F)cc1OC)C(=O)OC(C)(C)C. The number of ether oxygens (including phenoxy) is 5. The molecule has 4 rings (SSSR count). The van der Waals surface area contributed by atoms with E-state index in [-0.39, 0.29) is 58.4 Å². The molecular formula is C44H46F10NO11P. The lowest BCUT2D eigenvalue weighted by molar-refractivity contribution is -0.143. The van der Waals surface area contributed by atoms with Crippen molar-refractivity contribution in [3.8, 4) is 28.4 Å². The summed E-state index contributed by atoms with van der Waals surface area (Å²) in [6.45, 7) is 7.01. The fraction of sp³-hybridized carbons (Fsp3) is 0.409. The van der Waals surface area contributed by atoms with E-state index in [0.717, 1.165) is 39.3 Å². The molecule has 4 aromatic rings. The van der Waals surface area contributed by atoms with Crippen LogP contribution in [0.3, 0.4) is 0 Å². The first-order chi connectivity index (χ1) is 30.7. The molecule has 67 heavy (non-hydrogen) atoms.